The largest absolute Gasteiger partial charge is 0.522 e. The van der Waals surface area contributed by atoms with E-state index in [0.717, 1.165) is 0 Å². The molecule has 5 heteroatoms. The Bertz CT molecular complexity index is 289. The first-order valence-electron chi connectivity index (χ1n) is 3.77. The highest BCUT2D eigenvalue weighted by Crippen LogP contribution is 2.14. The van der Waals surface area contributed by atoms with Crippen LogP contribution in [0.25, 0.3) is 0 Å². The van der Waals surface area contributed by atoms with E-state index in [1.165, 1.54) is 7.11 Å². The minimum absolute atomic E-state index is 0.458. The van der Waals surface area contributed by atoms with Gasteiger partial charge in [0, 0.05) is 12.0 Å². The van der Waals surface area contributed by atoms with Gasteiger partial charge in [0.05, 0.1) is 7.11 Å². The summed E-state index contributed by atoms with van der Waals surface area (Å²) >= 11 is 0. The Balaban J connectivity index is 2.61. The standard InChI is InChI=1S/C8H9BO4/c1-12-13-9(11)8-4-2-7(6-10)3-5-8/h2,4-5,11H,3H2,1H3. The molecule has 0 atom stereocenters. The Morgan fingerprint density at radius 1 is 1.62 bits per heavy atom. The second-order valence-corrected chi connectivity index (χ2v) is 2.48. The first kappa shape index (κ1) is 9.96. The Kier molecular flexibility index (Phi) is 3.67. The van der Waals surface area contributed by atoms with E-state index in [2.05, 4.69) is 9.69 Å². The number of hydrogen-bond donors (Lipinski definition) is 1. The molecule has 0 aromatic carbocycles. The predicted molar refractivity (Wildman–Crippen MR) is 47.1 cm³/mol. The van der Waals surface area contributed by atoms with Gasteiger partial charge in [-0.05, 0) is 11.5 Å². The van der Waals surface area contributed by atoms with Crippen LogP contribution in [-0.4, -0.2) is 25.2 Å². The third kappa shape index (κ3) is 2.68. The van der Waals surface area contributed by atoms with Gasteiger partial charge in [-0.25, -0.2) is 4.79 Å². The summed E-state index contributed by atoms with van der Waals surface area (Å²) in [5, 5.41) is 9.26. The van der Waals surface area contributed by atoms with Crippen molar-refractivity contribution in [1.82, 2.24) is 0 Å². The molecule has 0 heterocycles. The third-order valence-electron chi connectivity index (χ3n) is 1.64. The molecule has 0 saturated carbocycles. The summed E-state index contributed by atoms with van der Waals surface area (Å²) in [6, 6.07) is 0. The average Bonchev–Trinajstić information content (AvgIpc) is 2.18. The molecule has 1 aliphatic carbocycles. The molecule has 4 nitrogen and oxygen atoms in total. The lowest BCUT2D eigenvalue weighted by molar-refractivity contribution is -0.193. The molecule has 0 fully saturated rings. The summed E-state index contributed by atoms with van der Waals surface area (Å²) in [5.41, 5.74) is 1.12. The Labute approximate surface area is 76.2 Å². The molecule has 0 aliphatic heterocycles. The molecule has 0 aromatic rings. The van der Waals surface area contributed by atoms with E-state index in [0.29, 0.717) is 17.5 Å². The number of allylic oxidation sites excluding steroid dienone is 5. The van der Waals surface area contributed by atoms with Crippen molar-refractivity contribution < 1.29 is 19.5 Å². The molecule has 0 bridgehead atoms. The van der Waals surface area contributed by atoms with Crippen molar-refractivity contribution in [2.45, 2.75) is 6.42 Å². The zero-order valence-corrected chi connectivity index (χ0v) is 7.19. The van der Waals surface area contributed by atoms with Gasteiger partial charge in [0.2, 0.25) is 0 Å². The minimum Gasteiger partial charge on any atom is -0.422 e. The average molecular weight is 180 g/mol. The molecule has 1 rings (SSSR count). The monoisotopic (exact) mass is 180 g/mol. The smallest absolute Gasteiger partial charge is 0.422 e. The van der Waals surface area contributed by atoms with Crippen LogP contribution in [0.15, 0.2) is 29.3 Å². The van der Waals surface area contributed by atoms with Gasteiger partial charge < -0.3 is 5.02 Å². The molecule has 0 spiro atoms. The fourth-order valence-corrected chi connectivity index (χ4v) is 0.966. The quantitative estimate of drug-likeness (QED) is 0.292. The number of rotatable bonds is 3. The lowest BCUT2D eigenvalue weighted by Gasteiger charge is -2.08. The molecular weight excluding hydrogens is 171 g/mol. The molecular formula is C8H9BO4. The van der Waals surface area contributed by atoms with Crippen molar-refractivity contribution >= 4 is 13.1 Å². The van der Waals surface area contributed by atoms with Crippen LogP contribution >= 0.6 is 0 Å². The maximum absolute atomic E-state index is 10.2. The van der Waals surface area contributed by atoms with Crippen molar-refractivity contribution in [1.29, 1.82) is 0 Å². The summed E-state index contributed by atoms with van der Waals surface area (Å²) < 4.78 is 0. The van der Waals surface area contributed by atoms with Gasteiger partial charge in [-0.2, -0.15) is 0 Å². The summed E-state index contributed by atoms with van der Waals surface area (Å²) in [4.78, 5) is 19.0. The lowest BCUT2D eigenvalue weighted by Crippen LogP contribution is -2.20. The van der Waals surface area contributed by atoms with Crippen LogP contribution < -0.4 is 0 Å². The Hall–Kier alpha value is -1.13. The molecule has 13 heavy (non-hydrogen) atoms. The lowest BCUT2D eigenvalue weighted by atomic mass is 9.76. The van der Waals surface area contributed by atoms with E-state index >= 15 is 0 Å². The first-order valence-corrected chi connectivity index (χ1v) is 3.77. The molecule has 0 amide bonds. The number of carbonyl (C=O) groups excluding carboxylic acids is 1. The first-order chi connectivity index (χ1) is 6.27. The molecule has 68 valence electrons. The highest BCUT2D eigenvalue weighted by atomic mass is 17.2. The highest BCUT2D eigenvalue weighted by Gasteiger charge is 2.19. The maximum Gasteiger partial charge on any atom is 0.522 e. The van der Waals surface area contributed by atoms with Crippen LogP contribution in [0.4, 0.5) is 0 Å². The van der Waals surface area contributed by atoms with E-state index in [-0.39, 0.29) is 0 Å². The third-order valence-corrected chi connectivity index (χ3v) is 1.64. The van der Waals surface area contributed by atoms with Crippen LogP contribution in [0.2, 0.25) is 0 Å². The van der Waals surface area contributed by atoms with Gasteiger partial charge in [0.1, 0.15) is 5.94 Å². The van der Waals surface area contributed by atoms with E-state index in [4.69, 9.17) is 0 Å². The summed E-state index contributed by atoms with van der Waals surface area (Å²) in [6.45, 7) is 0. The topological polar surface area (TPSA) is 55.8 Å². The molecule has 1 aliphatic rings. The van der Waals surface area contributed by atoms with E-state index in [1.54, 1.807) is 24.2 Å². The van der Waals surface area contributed by atoms with Crippen molar-refractivity contribution in [3.63, 3.8) is 0 Å². The van der Waals surface area contributed by atoms with E-state index in [1.807, 2.05) is 0 Å². The normalized spacial score (nSPS) is 15.2. The second-order valence-electron chi connectivity index (χ2n) is 2.48. The van der Waals surface area contributed by atoms with E-state index in [9.17, 15) is 9.82 Å². The Morgan fingerprint density at radius 2 is 2.38 bits per heavy atom. The van der Waals surface area contributed by atoms with Crippen LogP contribution in [0.5, 0.6) is 0 Å². The van der Waals surface area contributed by atoms with E-state index < -0.39 is 7.12 Å². The summed E-state index contributed by atoms with van der Waals surface area (Å²) in [6.07, 6.45) is 5.32. The van der Waals surface area contributed by atoms with Crippen LogP contribution in [0.3, 0.4) is 0 Å². The predicted octanol–water partition coefficient (Wildman–Crippen LogP) is 0.228. The van der Waals surface area contributed by atoms with Crippen molar-refractivity contribution in [3.05, 3.63) is 29.3 Å². The SMILES string of the molecule is COOB(O)C1=CCC(=C=O)C=C1. The second kappa shape index (κ2) is 4.79. The highest BCUT2D eigenvalue weighted by molar-refractivity contribution is 6.53. The molecule has 0 radical (unpaired) electrons. The van der Waals surface area contributed by atoms with Crippen LogP contribution in [0.1, 0.15) is 6.42 Å². The van der Waals surface area contributed by atoms with Gasteiger partial charge in [-0.15, -0.1) is 0 Å². The zero-order valence-electron chi connectivity index (χ0n) is 7.19. The fourth-order valence-electron chi connectivity index (χ4n) is 0.966. The minimum atomic E-state index is -1.10. The number of hydrogen-bond acceptors (Lipinski definition) is 4. The van der Waals surface area contributed by atoms with Gasteiger partial charge in [0.25, 0.3) is 0 Å². The summed E-state index contributed by atoms with van der Waals surface area (Å²) in [5.74, 6) is 1.78. The molecule has 0 unspecified atom stereocenters. The van der Waals surface area contributed by atoms with Gasteiger partial charge in [-0.1, -0.05) is 12.2 Å². The van der Waals surface area contributed by atoms with Crippen molar-refractivity contribution in [3.8, 4) is 0 Å². The Morgan fingerprint density at radius 3 is 2.85 bits per heavy atom. The van der Waals surface area contributed by atoms with Gasteiger partial charge >= 0.3 is 7.12 Å². The maximum atomic E-state index is 10.2. The molecule has 0 saturated heterocycles. The van der Waals surface area contributed by atoms with Crippen molar-refractivity contribution in [2.24, 2.45) is 0 Å². The fraction of sp³-hybridized carbons (Fsp3) is 0.250. The van der Waals surface area contributed by atoms with Gasteiger partial charge in [-0.3, -0.25) is 9.69 Å². The zero-order chi connectivity index (χ0) is 9.68. The van der Waals surface area contributed by atoms with Crippen LogP contribution in [0, 0.1) is 0 Å². The van der Waals surface area contributed by atoms with Gasteiger partial charge in [0.15, 0.2) is 0 Å². The van der Waals surface area contributed by atoms with Crippen LogP contribution in [-0.2, 0) is 14.5 Å². The summed E-state index contributed by atoms with van der Waals surface area (Å²) in [7, 11) is 0.210. The molecule has 1 N–H and O–H groups in total. The molecule has 0 aromatic heterocycles. The van der Waals surface area contributed by atoms with Crippen molar-refractivity contribution in [2.75, 3.05) is 7.11 Å².